The lowest BCUT2D eigenvalue weighted by Gasteiger charge is -2.10. The average Bonchev–Trinajstić information content (AvgIpc) is 2.12. The number of hydrogen-bond donors (Lipinski definition) is 1. The zero-order chi connectivity index (χ0) is 10.6. The molecule has 0 bridgehead atoms. The van der Waals surface area contributed by atoms with Gasteiger partial charge in [-0.1, -0.05) is 34.1 Å². The van der Waals surface area contributed by atoms with Crippen LogP contribution < -0.4 is 5.32 Å². The topological polar surface area (TPSA) is 29.1 Å². The van der Waals surface area contributed by atoms with E-state index in [1.54, 1.807) is 0 Å². The monoisotopic (exact) mass is 255 g/mol. The molecule has 0 spiro atoms. The van der Waals surface area contributed by atoms with Crippen LogP contribution in [0.1, 0.15) is 17.5 Å². The van der Waals surface area contributed by atoms with Crippen molar-refractivity contribution in [1.82, 2.24) is 0 Å². The highest BCUT2D eigenvalue weighted by atomic mass is 79.9. The van der Waals surface area contributed by atoms with Gasteiger partial charge in [0, 0.05) is 17.4 Å². The fraction of sp³-hybridized carbons (Fsp3) is 0.364. The maximum Gasteiger partial charge on any atom is 0.225 e. The van der Waals surface area contributed by atoms with Crippen LogP contribution in [0.25, 0.3) is 0 Å². The second kappa shape index (κ2) is 5.15. The molecule has 0 heterocycles. The predicted molar refractivity (Wildman–Crippen MR) is 63.0 cm³/mol. The van der Waals surface area contributed by atoms with Gasteiger partial charge < -0.3 is 5.32 Å². The molecule has 1 amide bonds. The number of amides is 1. The van der Waals surface area contributed by atoms with Gasteiger partial charge in [0.1, 0.15) is 0 Å². The Labute approximate surface area is 92.8 Å². The number of hydrogen-bond acceptors (Lipinski definition) is 1. The molecular weight excluding hydrogens is 242 g/mol. The van der Waals surface area contributed by atoms with Crippen LogP contribution in [-0.4, -0.2) is 11.2 Å². The van der Waals surface area contributed by atoms with E-state index in [2.05, 4.69) is 21.2 Å². The molecule has 1 aromatic carbocycles. The number of anilines is 1. The predicted octanol–water partition coefficient (Wildman–Crippen LogP) is 3.03. The van der Waals surface area contributed by atoms with Gasteiger partial charge in [-0.15, -0.1) is 0 Å². The number of halogens is 1. The molecule has 76 valence electrons. The second-order valence-corrected chi connectivity index (χ2v) is 4.05. The minimum absolute atomic E-state index is 0.0549. The van der Waals surface area contributed by atoms with Gasteiger partial charge in [-0.25, -0.2) is 0 Å². The maximum absolute atomic E-state index is 11.4. The van der Waals surface area contributed by atoms with Crippen LogP contribution in [-0.2, 0) is 4.79 Å². The van der Waals surface area contributed by atoms with E-state index in [4.69, 9.17) is 0 Å². The van der Waals surface area contributed by atoms with Crippen molar-refractivity contribution in [3.8, 4) is 0 Å². The standard InChI is InChI=1S/C11H14BrNO/c1-8-4-3-5-9(2)11(8)13-10(14)6-7-12/h3-5H,6-7H2,1-2H3,(H,13,14). The summed E-state index contributed by atoms with van der Waals surface area (Å²) in [5.74, 6) is 0.0549. The number of aryl methyl sites for hydroxylation is 2. The van der Waals surface area contributed by atoms with Crippen LogP contribution >= 0.6 is 15.9 Å². The first-order valence-electron chi connectivity index (χ1n) is 4.57. The Morgan fingerprint density at radius 3 is 2.43 bits per heavy atom. The van der Waals surface area contributed by atoms with E-state index in [-0.39, 0.29) is 5.91 Å². The van der Waals surface area contributed by atoms with Gasteiger partial charge in [0.25, 0.3) is 0 Å². The number of nitrogens with one attached hydrogen (secondary N) is 1. The Balaban J connectivity index is 2.80. The van der Waals surface area contributed by atoms with E-state index in [1.165, 1.54) is 0 Å². The lowest BCUT2D eigenvalue weighted by Crippen LogP contribution is -2.13. The fourth-order valence-electron chi connectivity index (χ4n) is 1.30. The van der Waals surface area contributed by atoms with Gasteiger partial charge in [-0.3, -0.25) is 4.79 Å². The van der Waals surface area contributed by atoms with E-state index in [0.717, 1.165) is 16.8 Å². The lowest BCUT2D eigenvalue weighted by atomic mass is 10.1. The van der Waals surface area contributed by atoms with E-state index >= 15 is 0 Å². The molecule has 14 heavy (non-hydrogen) atoms. The number of benzene rings is 1. The summed E-state index contributed by atoms with van der Waals surface area (Å²) >= 11 is 3.24. The van der Waals surface area contributed by atoms with Gasteiger partial charge in [-0.05, 0) is 25.0 Å². The Morgan fingerprint density at radius 2 is 1.93 bits per heavy atom. The summed E-state index contributed by atoms with van der Waals surface area (Å²) in [5.41, 5.74) is 3.15. The largest absolute Gasteiger partial charge is 0.326 e. The molecule has 0 saturated carbocycles. The Morgan fingerprint density at radius 1 is 1.36 bits per heavy atom. The summed E-state index contributed by atoms with van der Waals surface area (Å²) in [4.78, 5) is 11.4. The van der Waals surface area contributed by atoms with Crippen molar-refractivity contribution in [2.24, 2.45) is 0 Å². The SMILES string of the molecule is Cc1cccc(C)c1NC(=O)CCBr. The summed E-state index contributed by atoms with van der Waals surface area (Å²) in [7, 11) is 0. The summed E-state index contributed by atoms with van der Waals surface area (Å²) in [5, 5.41) is 3.61. The van der Waals surface area contributed by atoms with E-state index < -0.39 is 0 Å². The molecule has 1 aromatic rings. The van der Waals surface area contributed by atoms with Crippen molar-refractivity contribution in [2.75, 3.05) is 10.6 Å². The summed E-state index contributed by atoms with van der Waals surface area (Å²) in [6.07, 6.45) is 0.508. The van der Waals surface area contributed by atoms with Gasteiger partial charge in [0.05, 0.1) is 0 Å². The number of carbonyl (C=O) groups excluding carboxylic acids is 1. The quantitative estimate of drug-likeness (QED) is 0.827. The molecule has 1 N–H and O–H groups in total. The minimum Gasteiger partial charge on any atom is -0.326 e. The molecule has 0 unspecified atom stereocenters. The zero-order valence-corrected chi connectivity index (χ0v) is 10.0. The normalized spacial score (nSPS) is 9.93. The molecule has 3 heteroatoms. The molecule has 0 aromatic heterocycles. The average molecular weight is 256 g/mol. The van der Waals surface area contributed by atoms with Crippen molar-refractivity contribution in [3.63, 3.8) is 0 Å². The van der Waals surface area contributed by atoms with Crippen molar-refractivity contribution in [1.29, 1.82) is 0 Å². The summed E-state index contributed by atoms with van der Waals surface area (Å²) in [6.45, 7) is 3.99. The van der Waals surface area contributed by atoms with Gasteiger partial charge in [0.2, 0.25) is 5.91 Å². The van der Waals surface area contributed by atoms with Crippen LogP contribution in [0.3, 0.4) is 0 Å². The van der Waals surface area contributed by atoms with Gasteiger partial charge in [0.15, 0.2) is 0 Å². The van der Waals surface area contributed by atoms with E-state index in [1.807, 2.05) is 32.0 Å². The number of carbonyl (C=O) groups is 1. The van der Waals surface area contributed by atoms with Crippen molar-refractivity contribution >= 4 is 27.5 Å². The smallest absolute Gasteiger partial charge is 0.225 e. The maximum atomic E-state index is 11.4. The number of rotatable bonds is 3. The van der Waals surface area contributed by atoms with Gasteiger partial charge in [-0.2, -0.15) is 0 Å². The first-order chi connectivity index (χ1) is 6.65. The molecule has 0 fully saturated rings. The van der Waals surface area contributed by atoms with Crippen LogP contribution in [0, 0.1) is 13.8 Å². The van der Waals surface area contributed by atoms with E-state index in [0.29, 0.717) is 11.8 Å². The third-order valence-electron chi connectivity index (χ3n) is 2.07. The minimum atomic E-state index is 0.0549. The van der Waals surface area contributed by atoms with Crippen molar-refractivity contribution < 1.29 is 4.79 Å². The highest BCUT2D eigenvalue weighted by Crippen LogP contribution is 2.19. The van der Waals surface area contributed by atoms with Crippen molar-refractivity contribution in [2.45, 2.75) is 20.3 Å². The number of alkyl halides is 1. The van der Waals surface area contributed by atoms with Crippen LogP contribution in [0.15, 0.2) is 18.2 Å². The highest BCUT2D eigenvalue weighted by Gasteiger charge is 2.05. The summed E-state index contributed by atoms with van der Waals surface area (Å²) < 4.78 is 0. The van der Waals surface area contributed by atoms with Crippen molar-refractivity contribution in [3.05, 3.63) is 29.3 Å². The molecule has 0 aliphatic carbocycles. The Bertz CT molecular complexity index is 316. The molecular formula is C11H14BrNO. The third kappa shape index (κ3) is 2.84. The second-order valence-electron chi connectivity index (χ2n) is 3.25. The first-order valence-corrected chi connectivity index (χ1v) is 5.69. The molecule has 0 aliphatic heterocycles. The van der Waals surface area contributed by atoms with Crippen LogP contribution in [0.5, 0.6) is 0 Å². The third-order valence-corrected chi connectivity index (χ3v) is 2.46. The molecule has 0 atom stereocenters. The summed E-state index contributed by atoms with van der Waals surface area (Å²) in [6, 6.07) is 5.98. The molecule has 0 aliphatic rings. The first kappa shape index (κ1) is 11.2. The Kier molecular flexibility index (Phi) is 4.14. The van der Waals surface area contributed by atoms with Gasteiger partial charge >= 0.3 is 0 Å². The fourth-order valence-corrected chi connectivity index (χ4v) is 1.66. The zero-order valence-electron chi connectivity index (χ0n) is 8.43. The van der Waals surface area contributed by atoms with E-state index in [9.17, 15) is 4.79 Å². The molecule has 1 rings (SSSR count). The highest BCUT2D eigenvalue weighted by molar-refractivity contribution is 9.09. The molecule has 2 nitrogen and oxygen atoms in total. The molecule has 0 saturated heterocycles. The Hall–Kier alpha value is -0.830. The van der Waals surface area contributed by atoms with Crippen LogP contribution in [0.4, 0.5) is 5.69 Å². The molecule has 0 radical (unpaired) electrons. The lowest BCUT2D eigenvalue weighted by molar-refractivity contribution is -0.115. The number of para-hydroxylation sites is 1. The van der Waals surface area contributed by atoms with Crippen LogP contribution in [0.2, 0.25) is 0 Å².